The van der Waals surface area contributed by atoms with Crippen molar-refractivity contribution in [3.05, 3.63) is 143 Å². The Balaban J connectivity index is 1.26. The molecule has 0 aliphatic carbocycles. The molecule has 16 nitrogen and oxygen atoms in total. The van der Waals surface area contributed by atoms with Gasteiger partial charge in [-0.1, -0.05) is 103 Å². The summed E-state index contributed by atoms with van der Waals surface area (Å²) >= 11 is 0. The summed E-state index contributed by atoms with van der Waals surface area (Å²) in [5.74, 6) is -3.66. The van der Waals surface area contributed by atoms with Gasteiger partial charge in [-0.3, -0.25) is 33.6 Å². The maximum absolute atomic E-state index is 14.9. The number of rotatable bonds is 12. The summed E-state index contributed by atoms with van der Waals surface area (Å²) in [6.07, 6.45) is 3.23. The Morgan fingerprint density at radius 1 is 0.821 bits per heavy atom. The molecule has 4 atom stereocenters. The summed E-state index contributed by atoms with van der Waals surface area (Å²) in [6.45, 7) is 1.35. The number of nitrogens with one attached hydrogen (secondary N) is 4. The molecule has 0 aromatic heterocycles. The number of nitrogens with two attached hydrogens (primary N) is 1. The van der Waals surface area contributed by atoms with E-state index in [2.05, 4.69) is 21.3 Å². The van der Waals surface area contributed by atoms with E-state index in [0.29, 0.717) is 43.4 Å². The molecule has 1 unspecified atom stereocenters. The van der Waals surface area contributed by atoms with Crippen LogP contribution in [0.15, 0.2) is 115 Å². The van der Waals surface area contributed by atoms with Crippen LogP contribution in [0, 0.1) is 5.41 Å². The normalized spacial score (nSPS) is 20.9. The second-order valence-electron chi connectivity index (χ2n) is 16.9. The number of fused-ring (bicyclic) bond motifs is 3. The predicted octanol–water partition coefficient (Wildman–Crippen LogP) is 2.93. The number of hydrogen-bond acceptors (Lipinski definition) is 10. The fourth-order valence-electron chi connectivity index (χ4n) is 8.30. The van der Waals surface area contributed by atoms with Crippen molar-refractivity contribution in [3.8, 4) is 11.1 Å². The van der Waals surface area contributed by atoms with E-state index < -0.39 is 59.3 Å². The van der Waals surface area contributed by atoms with E-state index in [1.807, 2.05) is 78.9 Å². The van der Waals surface area contributed by atoms with Gasteiger partial charge in [-0.05, 0) is 71.0 Å². The number of carbonyl (C=O) groups excluding carboxylic acids is 7. The number of aryl methyl sites for hydroxylation is 1. The molecule has 2 bridgehead atoms. The first-order chi connectivity index (χ1) is 32.3. The van der Waals surface area contributed by atoms with Crippen LogP contribution in [-0.4, -0.2) is 96.2 Å². The van der Waals surface area contributed by atoms with Crippen molar-refractivity contribution in [2.75, 3.05) is 26.4 Å². The van der Waals surface area contributed by atoms with Crippen LogP contribution >= 0.6 is 0 Å². The van der Waals surface area contributed by atoms with E-state index in [-0.39, 0.29) is 58.0 Å². The first-order valence-electron chi connectivity index (χ1n) is 22.4. The molecule has 2 aliphatic heterocycles. The minimum absolute atomic E-state index is 0.00925. The Labute approximate surface area is 389 Å². The third-order valence-corrected chi connectivity index (χ3v) is 12.0. The van der Waals surface area contributed by atoms with Crippen molar-refractivity contribution >= 4 is 41.4 Å². The van der Waals surface area contributed by atoms with Crippen LogP contribution in [0.5, 0.6) is 0 Å². The van der Waals surface area contributed by atoms with Crippen molar-refractivity contribution in [3.63, 3.8) is 0 Å². The molecule has 4 aromatic carbocycles. The van der Waals surface area contributed by atoms with Crippen LogP contribution in [0.3, 0.4) is 0 Å². The summed E-state index contributed by atoms with van der Waals surface area (Å²) in [5.41, 5.74) is 10.2. The van der Waals surface area contributed by atoms with Crippen LogP contribution in [0.4, 0.5) is 0 Å². The van der Waals surface area contributed by atoms with Crippen molar-refractivity contribution in [2.24, 2.45) is 11.1 Å². The quantitative estimate of drug-likeness (QED) is 0.0899. The molecule has 0 saturated carbocycles. The van der Waals surface area contributed by atoms with Gasteiger partial charge in [0.15, 0.2) is 13.1 Å². The van der Waals surface area contributed by atoms with Crippen molar-refractivity contribution in [1.82, 2.24) is 26.2 Å². The summed E-state index contributed by atoms with van der Waals surface area (Å²) in [4.78, 5) is 93.7. The van der Waals surface area contributed by atoms with E-state index >= 15 is 0 Å². The van der Waals surface area contributed by atoms with Gasteiger partial charge >= 0.3 is 5.97 Å². The molecular weight excluding hydrogens is 857 g/mol. The van der Waals surface area contributed by atoms with Gasteiger partial charge in [-0.25, -0.2) is 0 Å². The van der Waals surface area contributed by atoms with E-state index in [4.69, 9.17) is 15.2 Å². The van der Waals surface area contributed by atoms with E-state index in [1.54, 1.807) is 29.2 Å². The number of nitrogens with zero attached hydrogens (tertiary/aromatic N) is 1. The molecule has 2 heterocycles. The topological polar surface area (TPSA) is 236 Å². The number of hydrogen-bond donors (Lipinski definition) is 6. The van der Waals surface area contributed by atoms with Gasteiger partial charge in [-0.15, -0.1) is 0 Å². The minimum atomic E-state index is -1.13. The number of primary amides is 1. The fourth-order valence-corrected chi connectivity index (χ4v) is 8.30. The molecule has 4 aromatic rings. The van der Waals surface area contributed by atoms with Crippen molar-refractivity contribution < 1.29 is 48.1 Å². The lowest BCUT2D eigenvalue weighted by Gasteiger charge is -2.42. The maximum Gasteiger partial charge on any atom is 0.304 e. The van der Waals surface area contributed by atoms with Gasteiger partial charge in [0, 0.05) is 58.1 Å². The zero-order valence-corrected chi connectivity index (χ0v) is 37.5. The molecule has 352 valence electrons. The molecule has 1 fully saturated rings. The number of aliphatic hydroxyl groups excluding tert-OH is 1. The lowest BCUT2D eigenvalue weighted by atomic mass is 9.74. The highest BCUT2D eigenvalue weighted by atomic mass is 16.7. The lowest BCUT2D eigenvalue weighted by Crippen LogP contribution is -2.58. The first kappa shape index (κ1) is 49.3. The highest BCUT2D eigenvalue weighted by Gasteiger charge is 2.44. The number of benzene rings is 4. The first-order valence-corrected chi connectivity index (χ1v) is 22.4. The SMILES string of the molecule is CC(=O)OCOC(O)CCc1ccc(-c2ccc(C[C@@H]3NC(=O)[C@]4(Cc5ccccc5)CCCN(C4)C(=O)/C=C/C(=O)NCC[C@@H](C(N)=O)NC(=O)Cc4ccccc4CNC3=O)cc2)cc1. The molecule has 67 heavy (non-hydrogen) atoms. The molecular formula is C51H58N6O10. The predicted molar refractivity (Wildman–Crippen MR) is 248 cm³/mol. The Hall–Kier alpha value is -7.17. The van der Waals surface area contributed by atoms with Gasteiger partial charge in [-0.2, -0.15) is 0 Å². The Morgan fingerprint density at radius 3 is 2.18 bits per heavy atom. The van der Waals surface area contributed by atoms with Crippen LogP contribution in [0.1, 0.15) is 60.4 Å². The number of ether oxygens (including phenoxy) is 2. The van der Waals surface area contributed by atoms with E-state index in [1.165, 1.54) is 6.92 Å². The lowest BCUT2D eigenvalue weighted by molar-refractivity contribution is -0.183. The van der Waals surface area contributed by atoms with Crippen LogP contribution in [0.25, 0.3) is 11.1 Å². The highest BCUT2D eigenvalue weighted by Crippen LogP contribution is 2.35. The molecule has 0 radical (unpaired) electrons. The average Bonchev–Trinajstić information content (AvgIpc) is 3.32. The Morgan fingerprint density at radius 2 is 1.49 bits per heavy atom. The Bertz CT molecular complexity index is 2410. The maximum atomic E-state index is 14.9. The summed E-state index contributed by atoms with van der Waals surface area (Å²) in [7, 11) is 0. The number of amides is 6. The second kappa shape index (κ2) is 23.8. The van der Waals surface area contributed by atoms with Gasteiger partial charge in [0.1, 0.15) is 12.1 Å². The largest absolute Gasteiger partial charge is 0.439 e. The van der Waals surface area contributed by atoms with Gasteiger partial charge < -0.3 is 46.5 Å². The van der Waals surface area contributed by atoms with E-state index in [9.17, 15) is 38.7 Å². The molecule has 6 rings (SSSR count). The molecule has 1 saturated heterocycles. The third-order valence-electron chi connectivity index (χ3n) is 12.0. The number of aliphatic hydroxyl groups is 1. The number of piperidine rings is 1. The fraction of sp³-hybridized carbons (Fsp3) is 0.353. The average molecular weight is 915 g/mol. The smallest absolute Gasteiger partial charge is 0.304 e. The molecule has 6 amide bonds. The monoisotopic (exact) mass is 914 g/mol. The van der Waals surface area contributed by atoms with Crippen LogP contribution in [0.2, 0.25) is 0 Å². The zero-order chi connectivity index (χ0) is 47.8. The number of carbonyl (C=O) groups is 7. The zero-order valence-electron chi connectivity index (χ0n) is 37.5. The van der Waals surface area contributed by atoms with E-state index in [0.717, 1.165) is 40.0 Å². The second-order valence-corrected chi connectivity index (χ2v) is 16.9. The van der Waals surface area contributed by atoms with Crippen LogP contribution < -0.4 is 27.0 Å². The summed E-state index contributed by atoms with van der Waals surface area (Å²) in [5, 5.41) is 21.5. The minimum Gasteiger partial charge on any atom is -0.439 e. The van der Waals surface area contributed by atoms with Crippen LogP contribution in [-0.2, 0) is 75.3 Å². The standard InChI is InChI=1S/C51H58N6O10/c1-34(58)66-33-67-47(62)23-16-35-12-17-38(18-13-35)39-19-14-36(15-20-39)28-43-49(64)54-31-41-11-6-5-10-40(41)29-45(60)55-42(48(52)63)24-26-53-44(59)21-22-46(61)57-27-7-25-51(32-57,50(65)56-43)30-37-8-3-2-4-9-37/h2-6,8-15,17-22,42-43,47,62H,7,16,23-33H2,1H3,(H2,52,63)(H,53,59)(H,54,64)(H,55,60)(H,56,65)/b22-21+/t42-,43-,47?,51-/m0/s1. The van der Waals surface area contributed by atoms with Gasteiger partial charge in [0.25, 0.3) is 0 Å². The van der Waals surface area contributed by atoms with Crippen molar-refractivity contribution in [2.45, 2.75) is 83.2 Å². The Kier molecular flexibility index (Phi) is 17.5. The highest BCUT2D eigenvalue weighted by molar-refractivity contribution is 5.97. The van der Waals surface area contributed by atoms with Crippen molar-refractivity contribution in [1.29, 1.82) is 0 Å². The van der Waals surface area contributed by atoms with Gasteiger partial charge in [0.2, 0.25) is 35.4 Å². The van der Waals surface area contributed by atoms with Gasteiger partial charge in [0.05, 0.1) is 11.8 Å². The number of esters is 1. The molecule has 16 heteroatoms. The molecule has 7 N–H and O–H groups in total. The molecule has 2 aliphatic rings. The summed E-state index contributed by atoms with van der Waals surface area (Å²) in [6, 6.07) is 29.9. The third kappa shape index (κ3) is 14.7. The molecule has 0 spiro atoms. The summed E-state index contributed by atoms with van der Waals surface area (Å²) < 4.78 is 9.83.